The van der Waals surface area contributed by atoms with Crippen molar-refractivity contribution in [2.45, 2.75) is 4.90 Å². The summed E-state index contributed by atoms with van der Waals surface area (Å²) in [6.45, 7) is 0. The minimum absolute atomic E-state index is 0.258. The van der Waals surface area contributed by atoms with Crippen molar-refractivity contribution in [1.29, 1.82) is 0 Å². The summed E-state index contributed by atoms with van der Waals surface area (Å²) in [6, 6.07) is 10.1. The minimum Gasteiger partial charge on any atom is -0.495 e. The number of amides is 1. The third-order valence-corrected chi connectivity index (χ3v) is 3.45. The molecule has 0 unspecified atom stereocenters. The summed E-state index contributed by atoms with van der Waals surface area (Å²) in [4.78, 5) is 13.0. The number of anilines is 1. The number of nitrogens with one attached hydrogen (secondary N) is 1. The van der Waals surface area contributed by atoms with Gasteiger partial charge in [0, 0.05) is 22.6 Å². The van der Waals surface area contributed by atoms with Gasteiger partial charge in [-0.2, -0.15) is 0 Å². The number of benzene rings is 2. The summed E-state index contributed by atoms with van der Waals surface area (Å²) < 4.78 is 10.4. The van der Waals surface area contributed by atoms with Gasteiger partial charge in [0.15, 0.2) is 0 Å². The first-order chi connectivity index (χ1) is 10.0. The molecule has 0 aliphatic heterocycles. The summed E-state index contributed by atoms with van der Waals surface area (Å²) in [5.41, 5.74) is 1.00. The molecule has 0 radical (unpaired) electrons. The Kier molecular flexibility index (Phi) is 4.98. The Morgan fingerprint density at radius 3 is 2.29 bits per heavy atom. The van der Waals surface area contributed by atoms with Gasteiger partial charge in [-0.05, 0) is 24.3 Å². The molecule has 0 saturated heterocycles. The summed E-state index contributed by atoms with van der Waals surface area (Å²) in [6.07, 6.45) is 0. The van der Waals surface area contributed by atoms with Crippen molar-refractivity contribution < 1.29 is 14.3 Å². The van der Waals surface area contributed by atoms with Crippen LogP contribution in [0.1, 0.15) is 10.4 Å². The van der Waals surface area contributed by atoms with E-state index in [1.54, 1.807) is 36.4 Å². The number of carbonyl (C=O) groups excluding carboxylic acids is 1. The number of hydrogen-bond acceptors (Lipinski definition) is 4. The highest BCUT2D eigenvalue weighted by Gasteiger charge is 2.13. The molecule has 0 bridgehead atoms. The molecular formula is C15H14ClNO3S. The fourth-order valence-electron chi connectivity index (χ4n) is 1.77. The van der Waals surface area contributed by atoms with Crippen molar-refractivity contribution in [3.05, 3.63) is 47.0 Å². The van der Waals surface area contributed by atoms with Gasteiger partial charge in [0.1, 0.15) is 11.5 Å². The Labute approximate surface area is 133 Å². The quantitative estimate of drug-likeness (QED) is 0.839. The van der Waals surface area contributed by atoms with Crippen LogP contribution in [-0.4, -0.2) is 20.1 Å². The van der Waals surface area contributed by atoms with Gasteiger partial charge in [-0.25, -0.2) is 0 Å². The summed E-state index contributed by atoms with van der Waals surface area (Å²) in [5.74, 6) is 0.657. The van der Waals surface area contributed by atoms with Crippen molar-refractivity contribution in [2.24, 2.45) is 0 Å². The molecule has 2 aromatic rings. The van der Waals surface area contributed by atoms with Crippen LogP contribution in [0.5, 0.6) is 11.5 Å². The molecule has 21 heavy (non-hydrogen) atoms. The van der Waals surface area contributed by atoms with E-state index in [9.17, 15) is 4.79 Å². The van der Waals surface area contributed by atoms with E-state index in [-0.39, 0.29) is 5.91 Å². The zero-order chi connectivity index (χ0) is 15.4. The second kappa shape index (κ2) is 6.74. The lowest BCUT2D eigenvalue weighted by Gasteiger charge is -2.13. The maximum Gasteiger partial charge on any atom is 0.255 e. The first-order valence-electron chi connectivity index (χ1n) is 6.07. The van der Waals surface area contributed by atoms with Crippen LogP contribution in [0, 0.1) is 0 Å². The van der Waals surface area contributed by atoms with E-state index in [1.807, 2.05) is 0 Å². The Morgan fingerprint density at radius 2 is 1.71 bits per heavy atom. The molecule has 0 saturated carbocycles. The van der Waals surface area contributed by atoms with Crippen LogP contribution < -0.4 is 14.8 Å². The van der Waals surface area contributed by atoms with Crippen molar-refractivity contribution in [3.8, 4) is 11.5 Å². The minimum atomic E-state index is -0.258. The second-order valence-electron chi connectivity index (χ2n) is 4.19. The molecule has 4 nitrogen and oxygen atoms in total. The van der Waals surface area contributed by atoms with Crippen molar-refractivity contribution in [3.63, 3.8) is 0 Å². The van der Waals surface area contributed by atoms with Crippen LogP contribution in [0.15, 0.2) is 41.3 Å². The van der Waals surface area contributed by atoms with Gasteiger partial charge < -0.3 is 14.8 Å². The molecule has 0 aromatic heterocycles. The fourth-order valence-corrected chi connectivity index (χ4v) is 2.15. The molecule has 0 fully saturated rings. The number of ether oxygens (including phenoxy) is 2. The van der Waals surface area contributed by atoms with Crippen LogP contribution in [0.4, 0.5) is 5.69 Å². The van der Waals surface area contributed by atoms with Crippen LogP contribution in [0.25, 0.3) is 0 Å². The largest absolute Gasteiger partial charge is 0.495 e. The Balaban J connectivity index is 2.29. The second-order valence-corrected chi connectivity index (χ2v) is 5.11. The van der Waals surface area contributed by atoms with Crippen molar-refractivity contribution >= 4 is 35.8 Å². The third kappa shape index (κ3) is 3.62. The van der Waals surface area contributed by atoms with Crippen LogP contribution in [-0.2, 0) is 0 Å². The number of thiol groups is 1. The molecule has 1 N–H and O–H groups in total. The molecule has 110 valence electrons. The van der Waals surface area contributed by atoms with Gasteiger partial charge >= 0.3 is 0 Å². The Bertz CT molecular complexity index is 659. The lowest BCUT2D eigenvalue weighted by molar-refractivity contribution is 0.102. The first-order valence-corrected chi connectivity index (χ1v) is 6.89. The molecule has 2 rings (SSSR count). The van der Waals surface area contributed by atoms with Crippen molar-refractivity contribution in [1.82, 2.24) is 0 Å². The van der Waals surface area contributed by atoms with E-state index in [0.29, 0.717) is 27.8 Å². The van der Waals surface area contributed by atoms with E-state index in [2.05, 4.69) is 17.9 Å². The molecule has 0 aliphatic rings. The molecule has 2 aromatic carbocycles. The summed E-state index contributed by atoms with van der Waals surface area (Å²) >= 11 is 10.2. The summed E-state index contributed by atoms with van der Waals surface area (Å²) in [5, 5.41) is 3.18. The van der Waals surface area contributed by atoms with E-state index >= 15 is 0 Å². The van der Waals surface area contributed by atoms with Gasteiger partial charge in [-0.1, -0.05) is 11.6 Å². The maximum atomic E-state index is 12.2. The SMILES string of the molecule is COc1cc(NC(=O)c2ccc(S)cc2)c(OC)cc1Cl. The Morgan fingerprint density at radius 1 is 1.10 bits per heavy atom. The number of carbonyl (C=O) groups is 1. The van der Waals surface area contributed by atoms with Gasteiger partial charge in [0.2, 0.25) is 0 Å². The van der Waals surface area contributed by atoms with Gasteiger partial charge in [-0.15, -0.1) is 12.6 Å². The number of methoxy groups -OCH3 is 2. The normalized spacial score (nSPS) is 10.1. The van der Waals surface area contributed by atoms with Crippen molar-refractivity contribution in [2.75, 3.05) is 19.5 Å². The predicted molar refractivity (Wildman–Crippen MR) is 86.2 cm³/mol. The maximum absolute atomic E-state index is 12.2. The predicted octanol–water partition coefficient (Wildman–Crippen LogP) is 3.90. The van der Waals surface area contributed by atoms with Crippen LogP contribution in [0.2, 0.25) is 5.02 Å². The highest BCUT2D eigenvalue weighted by atomic mass is 35.5. The Hall–Kier alpha value is -1.85. The molecule has 6 heteroatoms. The zero-order valence-electron chi connectivity index (χ0n) is 11.5. The lowest BCUT2D eigenvalue weighted by atomic mass is 10.2. The molecular weight excluding hydrogens is 310 g/mol. The van der Waals surface area contributed by atoms with Gasteiger partial charge in [-0.3, -0.25) is 4.79 Å². The van der Waals surface area contributed by atoms with E-state index in [4.69, 9.17) is 21.1 Å². The van der Waals surface area contributed by atoms with Gasteiger partial charge in [0.25, 0.3) is 5.91 Å². The molecule has 1 amide bonds. The van der Waals surface area contributed by atoms with Gasteiger partial charge in [0.05, 0.1) is 24.9 Å². The molecule has 0 spiro atoms. The van der Waals surface area contributed by atoms with E-state index in [0.717, 1.165) is 4.90 Å². The highest BCUT2D eigenvalue weighted by molar-refractivity contribution is 7.80. The summed E-state index contributed by atoms with van der Waals surface area (Å²) in [7, 11) is 3.01. The zero-order valence-corrected chi connectivity index (χ0v) is 13.2. The topological polar surface area (TPSA) is 47.6 Å². The fraction of sp³-hybridized carbons (Fsp3) is 0.133. The molecule has 0 atom stereocenters. The average Bonchev–Trinajstić information content (AvgIpc) is 2.49. The first kappa shape index (κ1) is 15.5. The van der Waals surface area contributed by atoms with Crippen LogP contribution >= 0.6 is 24.2 Å². The monoisotopic (exact) mass is 323 g/mol. The van der Waals surface area contributed by atoms with E-state index in [1.165, 1.54) is 14.2 Å². The number of hydrogen-bond donors (Lipinski definition) is 2. The third-order valence-electron chi connectivity index (χ3n) is 2.85. The smallest absolute Gasteiger partial charge is 0.255 e. The lowest BCUT2D eigenvalue weighted by Crippen LogP contribution is -2.12. The average molecular weight is 324 g/mol. The number of halogens is 1. The van der Waals surface area contributed by atoms with E-state index < -0.39 is 0 Å². The highest BCUT2D eigenvalue weighted by Crippen LogP contribution is 2.36. The number of rotatable bonds is 4. The standard InChI is InChI=1S/C15H14ClNO3S/c1-19-13-8-12(14(20-2)7-11(13)16)17-15(18)9-3-5-10(21)6-4-9/h3-8,21H,1-2H3,(H,17,18). The van der Waals surface area contributed by atoms with Crippen LogP contribution in [0.3, 0.4) is 0 Å². The molecule has 0 aliphatic carbocycles. The molecule has 0 heterocycles.